The number of ether oxygens (including phenoxy) is 2. The molecular formula is C18H15BrClF3O3. The minimum atomic E-state index is -4.59. The first-order valence-corrected chi connectivity index (χ1v) is 8.78. The molecule has 0 aliphatic heterocycles. The lowest BCUT2D eigenvalue weighted by molar-refractivity contribution is -0.139. The molecule has 0 N–H and O–H groups in total. The van der Waals surface area contributed by atoms with Crippen LogP contribution in [0, 0.1) is 6.92 Å². The number of halogens is 5. The number of rotatable bonds is 5. The van der Waals surface area contributed by atoms with E-state index >= 15 is 0 Å². The molecule has 3 nitrogen and oxygen atoms in total. The Bertz CT molecular complexity index is 822. The molecule has 26 heavy (non-hydrogen) atoms. The van der Waals surface area contributed by atoms with Crippen molar-refractivity contribution in [2.24, 2.45) is 0 Å². The Morgan fingerprint density at radius 3 is 2.54 bits per heavy atom. The van der Waals surface area contributed by atoms with Gasteiger partial charge in [0.25, 0.3) is 0 Å². The second kappa shape index (κ2) is 8.31. The summed E-state index contributed by atoms with van der Waals surface area (Å²) in [5.41, 5.74) is -0.206. The average Bonchev–Trinajstić information content (AvgIpc) is 2.56. The lowest BCUT2D eigenvalue weighted by atomic mass is 10.1. The standard InChI is InChI=1S/C18H15BrClF3O3/c1-3-17(24)26-15-6-4-5-13(19)11(15)9-25-16-8-14(20)10(2)7-12(16)18(21,22)23/h4-8H,3,9H2,1-2H3. The van der Waals surface area contributed by atoms with Gasteiger partial charge < -0.3 is 9.47 Å². The van der Waals surface area contributed by atoms with Crippen molar-refractivity contribution >= 4 is 33.5 Å². The fourth-order valence-electron chi connectivity index (χ4n) is 2.12. The van der Waals surface area contributed by atoms with E-state index in [0.29, 0.717) is 15.6 Å². The molecule has 0 spiro atoms. The van der Waals surface area contributed by atoms with Gasteiger partial charge in [0.2, 0.25) is 0 Å². The summed E-state index contributed by atoms with van der Waals surface area (Å²) in [6, 6.07) is 6.94. The first-order chi connectivity index (χ1) is 12.1. The highest BCUT2D eigenvalue weighted by molar-refractivity contribution is 9.10. The highest BCUT2D eigenvalue weighted by Crippen LogP contribution is 2.40. The third kappa shape index (κ3) is 4.92. The Balaban J connectivity index is 2.35. The van der Waals surface area contributed by atoms with E-state index in [1.165, 1.54) is 6.92 Å². The van der Waals surface area contributed by atoms with Crippen LogP contribution in [-0.2, 0) is 17.6 Å². The number of esters is 1. The largest absolute Gasteiger partial charge is 0.488 e. The fraction of sp³-hybridized carbons (Fsp3) is 0.278. The topological polar surface area (TPSA) is 35.5 Å². The minimum absolute atomic E-state index is 0.165. The first-order valence-electron chi connectivity index (χ1n) is 7.61. The second-order valence-corrected chi connectivity index (χ2v) is 6.69. The van der Waals surface area contributed by atoms with Crippen LogP contribution in [0.5, 0.6) is 11.5 Å². The fourth-order valence-corrected chi connectivity index (χ4v) is 2.74. The molecule has 0 saturated heterocycles. The van der Waals surface area contributed by atoms with Crippen molar-refractivity contribution in [3.8, 4) is 11.5 Å². The molecule has 0 aromatic heterocycles. The van der Waals surface area contributed by atoms with Gasteiger partial charge in [0.1, 0.15) is 18.1 Å². The molecular weight excluding hydrogens is 437 g/mol. The van der Waals surface area contributed by atoms with Gasteiger partial charge in [0.05, 0.1) is 5.56 Å². The van der Waals surface area contributed by atoms with Crippen molar-refractivity contribution in [3.63, 3.8) is 0 Å². The zero-order valence-corrected chi connectivity index (χ0v) is 16.3. The lowest BCUT2D eigenvalue weighted by Gasteiger charge is -2.17. The van der Waals surface area contributed by atoms with E-state index in [1.54, 1.807) is 25.1 Å². The molecule has 0 aliphatic carbocycles. The predicted octanol–water partition coefficient (Wildman–Crippen LogP) is 6.32. The number of hydrogen-bond donors (Lipinski definition) is 0. The second-order valence-electron chi connectivity index (χ2n) is 5.43. The van der Waals surface area contributed by atoms with Crippen molar-refractivity contribution in [1.29, 1.82) is 0 Å². The van der Waals surface area contributed by atoms with Gasteiger partial charge in [-0.3, -0.25) is 4.79 Å². The quantitative estimate of drug-likeness (QED) is 0.394. The molecule has 0 aliphatic rings. The van der Waals surface area contributed by atoms with Crippen molar-refractivity contribution in [2.75, 3.05) is 0 Å². The summed E-state index contributed by atoms with van der Waals surface area (Å²) in [6.45, 7) is 2.88. The molecule has 0 unspecified atom stereocenters. The maximum Gasteiger partial charge on any atom is 0.419 e. The monoisotopic (exact) mass is 450 g/mol. The Kier molecular flexibility index (Phi) is 6.58. The van der Waals surface area contributed by atoms with E-state index in [0.717, 1.165) is 12.1 Å². The molecule has 0 amide bonds. The molecule has 0 radical (unpaired) electrons. The molecule has 2 rings (SSSR count). The molecule has 0 bridgehead atoms. The number of hydrogen-bond acceptors (Lipinski definition) is 3. The molecule has 0 fully saturated rings. The highest BCUT2D eigenvalue weighted by atomic mass is 79.9. The van der Waals surface area contributed by atoms with Crippen molar-refractivity contribution in [3.05, 3.63) is 56.5 Å². The average molecular weight is 452 g/mol. The van der Waals surface area contributed by atoms with Crippen LogP contribution < -0.4 is 9.47 Å². The van der Waals surface area contributed by atoms with Crippen molar-refractivity contribution in [2.45, 2.75) is 33.1 Å². The predicted molar refractivity (Wildman–Crippen MR) is 95.6 cm³/mol. The van der Waals surface area contributed by atoms with E-state index < -0.39 is 23.5 Å². The van der Waals surface area contributed by atoms with Gasteiger partial charge in [-0.2, -0.15) is 13.2 Å². The van der Waals surface area contributed by atoms with Gasteiger partial charge in [0.15, 0.2) is 0 Å². The maximum absolute atomic E-state index is 13.3. The zero-order valence-electron chi connectivity index (χ0n) is 13.9. The Morgan fingerprint density at radius 1 is 1.23 bits per heavy atom. The van der Waals surface area contributed by atoms with Crippen LogP contribution in [0.3, 0.4) is 0 Å². The summed E-state index contributed by atoms with van der Waals surface area (Å²) in [4.78, 5) is 11.5. The maximum atomic E-state index is 13.3. The summed E-state index contributed by atoms with van der Waals surface area (Å²) in [6.07, 6.45) is -4.42. The molecule has 0 atom stereocenters. The molecule has 0 heterocycles. The number of carbonyl (C=O) groups is 1. The van der Waals surface area contributed by atoms with E-state index in [4.69, 9.17) is 21.1 Å². The van der Waals surface area contributed by atoms with Gasteiger partial charge in [-0.1, -0.05) is 40.5 Å². The number of alkyl halides is 3. The summed E-state index contributed by atoms with van der Waals surface area (Å²) >= 11 is 9.24. The van der Waals surface area contributed by atoms with E-state index in [2.05, 4.69) is 15.9 Å². The minimum Gasteiger partial charge on any atom is -0.488 e. The van der Waals surface area contributed by atoms with E-state index in [1.807, 2.05) is 0 Å². The van der Waals surface area contributed by atoms with Crippen LogP contribution in [0.15, 0.2) is 34.8 Å². The summed E-state index contributed by atoms with van der Waals surface area (Å²) in [5, 5.41) is 0.165. The first kappa shape index (κ1) is 20.6. The smallest absolute Gasteiger partial charge is 0.419 e. The van der Waals surface area contributed by atoms with Gasteiger partial charge in [-0.05, 0) is 36.8 Å². The van der Waals surface area contributed by atoms with Gasteiger partial charge in [0, 0.05) is 21.5 Å². The normalized spacial score (nSPS) is 11.3. The SMILES string of the molecule is CCC(=O)Oc1cccc(Br)c1COc1cc(Cl)c(C)cc1C(F)(F)F. The van der Waals surface area contributed by atoms with Crippen LogP contribution in [0.1, 0.15) is 30.0 Å². The van der Waals surface area contributed by atoms with Crippen LogP contribution in [0.2, 0.25) is 5.02 Å². The van der Waals surface area contributed by atoms with Crippen LogP contribution in [0.4, 0.5) is 13.2 Å². The molecule has 2 aromatic rings. The Labute approximate surface area is 162 Å². The number of benzene rings is 2. The number of aryl methyl sites for hydroxylation is 1. The van der Waals surface area contributed by atoms with Crippen LogP contribution >= 0.6 is 27.5 Å². The van der Waals surface area contributed by atoms with Gasteiger partial charge in [-0.15, -0.1) is 0 Å². The lowest BCUT2D eigenvalue weighted by Crippen LogP contribution is -2.11. The third-order valence-corrected chi connectivity index (χ3v) is 4.68. The molecule has 2 aromatic carbocycles. The number of carbonyl (C=O) groups excluding carboxylic acids is 1. The zero-order chi connectivity index (χ0) is 19.5. The molecule has 8 heteroatoms. The molecule has 140 valence electrons. The Morgan fingerprint density at radius 2 is 1.92 bits per heavy atom. The summed E-state index contributed by atoms with van der Waals surface area (Å²) < 4.78 is 50.9. The Hall–Kier alpha value is -1.73. The van der Waals surface area contributed by atoms with Crippen LogP contribution in [-0.4, -0.2) is 5.97 Å². The van der Waals surface area contributed by atoms with Gasteiger partial charge in [-0.25, -0.2) is 0 Å². The van der Waals surface area contributed by atoms with Crippen molar-refractivity contribution in [1.82, 2.24) is 0 Å². The third-order valence-electron chi connectivity index (χ3n) is 3.53. The van der Waals surface area contributed by atoms with E-state index in [9.17, 15) is 18.0 Å². The summed E-state index contributed by atoms with van der Waals surface area (Å²) in [7, 11) is 0. The van der Waals surface area contributed by atoms with Crippen molar-refractivity contribution < 1.29 is 27.4 Å². The van der Waals surface area contributed by atoms with Gasteiger partial charge >= 0.3 is 12.1 Å². The van der Waals surface area contributed by atoms with Crippen LogP contribution in [0.25, 0.3) is 0 Å². The van der Waals surface area contributed by atoms with E-state index in [-0.39, 0.29) is 23.8 Å². The highest BCUT2D eigenvalue weighted by Gasteiger charge is 2.35. The molecule has 0 saturated carbocycles. The summed E-state index contributed by atoms with van der Waals surface area (Å²) in [5.74, 6) is -0.631.